The molecule has 2 rings (SSSR count). The molecule has 1 aromatic carbocycles. The van der Waals surface area contributed by atoms with Crippen LogP contribution in [0.2, 0.25) is 0 Å². The quantitative estimate of drug-likeness (QED) is 0.577. The maximum absolute atomic E-state index is 5.95. The molecule has 1 atom stereocenters. The largest absolute Gasteiger partial charge is 0.321 e. The molecular formula is C14H19N. The van der Waals surface area contributed by atoms with Crippen molar-refractivity contribution in [3.05, 3.63) is 47.5 Å². The van der Waals surface area contributed by atoms with Gasteiger partial charge >= 0.3 is 0 Å². The van der Waals surface area contributed by atoms with E-state index < -0.39 is 0 Å². The molecule has 1 aliphatic carbocycles. The van der Waals surface area contributed by atoms with E-state index in [1.807, 2.05) is 0 Å². The Morgan fingerprint density at radius 1 is 1.13 bits per heavy atom. The van der Waals surface area contributed by atoms with E-state index in [-0.39, 0.29) is 6.04 Å². The molecule has 1 nitrogen and oxygen atoms in total. The van der Waals surface area contributed by atoms with Gasteiger partial charge in [-0.05, 0) is 42.4 Å². The van der Waals surface area contributed by atoms with E-state index in [1.165, 1.54) is 48.8 Å². The molecule has 1 aliphatic rings. The molecule has 15 heavy (non-hydrogen) atoms. The number of nitrogens with two attached hydrogens (primary N) is 1. The second-order valence-electron chi connectivity index (χ2n) is 4.35. The number of aryl methyl sites for hydroxylation is 2. The van der Waals surface area contributed by atoms with Crippen LogP contribution in [0, 0.1) is 0 Å². The average Bonchev–Trinajstić information content (AvgIpc) is 2.51. The normalized spacial score (nSPS) is 17.7. The zero-order valence-electron chi connectivity index (χ0n) is 9.21. The van der Waals surface area contributed by atoms with Crippen LogP contribution < -0.4 is 5.73 Å². The van der Waals surface area contributed by atoms with E-state index in [1.54, 1.807) is 6.08 Å². The Balaban J connectivity index is 2.31. The molecule has 0 amide bonds. The summed E-state index contributed by atoms with van der Waals surface area (Å²) in [5.74, 6) is 0. The van der Waals surface area contributed by atoms with Gasteiger partial charge in [0, 0.05) is 6.04 Å². The molecule has 0 radical (unpaired) electrons. The molecule has 0 aromatic heterocycles. The molecule has 0 bridgehead atoms. The van der Waals surface area contributed by atoms with Crippen molar-refractivity contribution in [3.63, 3.8) is 0 Å². The molecule has 0 fully saturated rings. The fourth-order valence-corrected chi connectivity index (χ4v) is 2.27. The molecule has 0 saturated carbocycles. The van der Waals surface area contributed by atoms with Gasteiger partial charge in [0.25, 0.3) is 0 Å². The van der Waals surface area contributed by atoms with Crippen molar-refractivity contribution in [2.24, 2.45) is 5.73 Å². The predicted octanol–water partition coefficient (Wildman–Crippen LogP) is 3.14. The standard InChI is InChI=1S/C14H19N/c1-2-14(15)13-9-8-11-6-4-3-5-7-12(11)10-13/h2,8-10,14H,1,3-7,15H2. The number of fused-ring (bicyclic) bond motifs is 1. The first-order valence-electron chi connectivity index (χ1n) is 5.81. The Morgan fingerprint density at radius 3 is 2.60 bits per heavy atom. The van der Waals surface area contributed by atoms with Gasteiger partial charge in [-0.15, -0.1) is 6.58 Å². The number of hydrogen-bond donors (Lipinski definition) is 1. The molecule has 0 heterocycles. The third-order valence-corrected chi connectivity index (χ3v) is 3.26. The van der Waals surface area contributed by atoms with Crippen LogP contribution in [0.3, 0.4) is 0 Å². The van der Waals surface area contributed by atoms with E-state index in [4.69, 9.17) is 5.73 Å². The van der Waals surface area contributed by atoms with Crippen molar-refractivity contribution < 1.29 is 0 Å². The highest BCUT2D eigenvalue weighted by atomic mass is 14.6. The molecule has 1 aromatic rings. The number of rotatable bonds is 2. The fourth-order valence-electron chi connectivity index (χ4n) is 2.27. The lowest BCUT2D eigenvalue weighted by molar-refractivity contribution is 0.711. The summed E-state index contributed by atoms with van der Waals surface area (Å²) in [6.07, 6.45) is 8.27. The third kappa shape index (κ3) is 2.29. The summed E-state index contributed by atoms with van der Waals surface area (Å²) in [4.78, 5) is 0. The first kappa shape index (κ1) is 10.4. The Morgan fingerprint density at radius 2 is 1.87 bits per heavy atom. The molecule has 1 heteroatoms. The highest BCUT2D eigenvalue weighted by molar-refractivity contribution is 5.35. The predicted molar refractivity (Wildman–Crippen MR) is 64.8 cm³/mol. The highest BCUT2D eigenvalue weighted by Gasteiger charge is 2.09. The second-order valence-corrected chi connectivity index (χ2v) is 4.35. The molecule has 80 valence electrons. The van der Waals surface area contributed by atoms with Crippen molar-refractivity contribution >= 4 is 0 Å². The van der Waals surface area contributed by atoms with Gasteiger partial charge in [0.2, 0.25) is 0 Å². The topological polar surface area (TPSA) is 26.0 Å². The molecule has 0 spiro atoms. The lowest BCUT2D eigenvalue weighted by Crippen LogP contribution is -2.07. The molecule has 0 saturated heterocycles. The van der Waals surface area contributed by atoms with Crippen LogP contribution in [-0.4, -0.2) is 0 Å². The minimum absolute atomic E-state index is 0.0152. The Hall–Kier alpha value is -1.08. The smallest absolute Gasteiger partial charge is 0.0478 e. The molecule has 2 N–H and O–H groups in total. The Labute approximate surface area is 92.0 Å². The van der Waals surface area contributed by atoms with Crippen molar-refractivity contribution in [1.82, 2.24) is 0 Å². The molecular weight excluding hydrogens is 182 g/mol. The SMILES string of the molecule is C=CC(N)c1ccc2c(c1)CCCCC2. The van der Waals surface area contributed by atoms with Crippen molar-refractivity contribution in [1.29, 1.82) is 0 Å². The minimum Gasteiger partial charge on any atom is -0.321 e. The van der Waals surface area contributed by atoms with Crippen LogP contribution in [0.25, 0.3) is 0 Å². The van der Waals surface area contributed by atoms with E-state index in [2.05, 4.69) is 24.8 Å². The Bertz CT molecular complexity index is 354. The van der Waals surface area contributed by atoms with Gasteiger partial charge in [-0.2, -0.15) is 0 Å². The van der Waals surface area contributed by atoms with Gasteiger partial charge < -0.3 is 5.73 Å². The zero-order chi connectivity index (χ0) is 10.7. The Kier molecular flexibility index (Phi) is 3.22. The molecule has 0 aliphatic heterocycles. The van der Waals surface area contributed by atoms with Gasteiger partial charge in [0.1, 0.15) is 0 Å². The second kappa shape index (κ2) is 4.63. The van der Waals surface area contributed by atoms with E-state index >= 15 is 0 Å². The van der Waals surface area contributed by atoms with Crippen LogP contribution in [-0.2, 0) is 12.8 Å². The zero-order valence-corrected chi connectivity index (χ0v) is 9.21. The van der Waals surface area contributed by atoms with Gasteiger partial charge in [0.15, 0.2) is 0 Å². The average molecular weight is 201 g/mol. The molecule has 1 unspecified atom stereocenters. The third-order valence-electron chi connectivity index (χ3n) is 3.26. The summed E-state index contributed by atoms with van der Waals surface area (Å²) >= 11 is 0. The highest BCUT2D eigenvalue weighted by Crippen LogP contribution is 2.23. The van der Waals surface area contributed by atoms with Crippen LogP contribution in [0.4, 0.5) is 0 Å². The maximum atomic E-state index is 5.95. The lowest BCUT2D eigenvalue weighted by atomic mass is 9.97. The van der Waals surface area contributed by atoms with E-state index in [9.17, 15) is 0 Å². The monoisotopic (exact) mass is 201 g/mol. The summed E-state index contributed by atoms with van der Waals surface area (Å²) in [6.45, 7) is 3.74. The fraction of sp³-hybridized carbons (Fsp3) is 0.429. The van der Waals surface area contributed by atoms with Crippen molar-refractivity contribution in [2.45, 2.75) is 38.1 Å². The van der Waals surface area contributed by atoms with Crippen LogP contribution in [0.5, 0.6) is 0 Å². The van der Waals surface area contributed by atoms with Crippen LogP contribution in [0.15, 0.2) is 30.9 Å². The van der Waals surface area contributed by atoms with E-state index in [0.29, 0.717) is 0 Å². The van der Waals surface area contributed by atoms with Gasteiger partial charge in [0.05, 0.1) is 0 Å². The number of hydrogen-bond acceptors (Lipinski definition) is 1. The lowest BCUT2D eigenvalue weighted by Gasteiger charge is -2.11. The first-order chi connectivity index (χ1) is 7.31. The summed E-state index contributed by atoms with van der Waals surface area (Å²) in [5, 5.41) is 0. The number of benzene rings is 1. The van der Waals surface area contributed by atoms with Crippen molar-refractivity contribution in [3.8, 4) is 0 Å². The maximum Gasteiger partial charge on any atom is 0.0478 e. The summed E-state index contributed by atoms with van der Waals surface area (Å²) in [7, 11) is 0. The minimum atomic E-state index is -0.0152. The van der Waals surface area contributed by atoms with Gasteiger partial charge in [-0.3, -0.25) is 0 Å². The van der Waals surface area contributed by atoms with Crippen molar-refractivity contribution in [2.75, 3.05) is 0 Å². The van der Waals surface area contributed by atoms with Gasteiger partial charge in [-0.1, -0.05) is 30.7 Å². The van der Waals surface area contributed by atoms with Crippen LogP contribution >= 0.6 is 0 Å². The summed E-state index contributed by atoms with van der Waals surface area (Å²) in [6, 6.07) is 6.65. The summed E-state index contributed by atoms with van der Waals surface area (Å²) < 4.78 is 0. The van der Waals surface area contributed by atoms with Gasteiger partial charge in [-0.25, -0.2) is 0 Å². The van der Waals surface area contributed by atoms with Crippen LogP contribution in [0.1, 0.15) is 42.0 Å². The first-order valence-corrected chi connectivity index (χ1v) is 5.81. The van der Waals surface area contributed by atoms with E-state index in [0.717, 1.165) is 0 Å². The summed E-state index contributed by atoms with van der Waals surface area (Å²) in [5.41, 5.74) is 10.2.